The minimum Gasteiger partial charge on any atom is -0.456 e. The van der Waals surface area contributed by atoms with Crippen LogP contribution >= 0.6 is 0 Å². The topological polar surface area (TPSA) is 75.7 Å². The van der Waals surface area contributed by atoms with Crippen LogP contribution in [0.2, 0.25) is 0 Å². The third-order valence-corrected chi connectivity index (χ3v) is 4.36. The maximum Gasteiger partial charge on any atom is 0.306 e. The zero-order chi connectivity index (χ0) is 21.2. The van der Waals surface area contributed by atoms with Crippen molar-refractivity contribution in [2.24, 2.45) is 0 Å². The number of hydrogen-bond acceptors (Lipinski definition) is 4. The lowest BCUT2D eigenvalue weighted by Crippen LogP contribution is -2.30. The summed E-state index contributed by atoms with van der Waals surface area (Å²) in [7, 11) is 0. The van der Waals surface area contributed by atoms with Crippen molar-refractivity contribution in [1.82, 2.24) is 4.90 Å². The Labute approximate surface area is 169 Å². The number of hydrogen-bond donors (Lipinski definition) is 1. The molecular formula is C22H25FN2O4. The van der Waals surface area contributed by atoms with E-state index in [1.807, 2.05) is 13.8 Å². The summed E-state index contributed by atoms with van der Waals surface area (Å²) in [6.07, 6.45) is 0.504. The van der Waals surface area contributed by atoms with Gasteiger partial charge in [0.2, 0.25) is 0 Å². The molecule has 6 nitrogen and oxygen atoms in total. The monoisotopic (exact) mass is 400 g/mol. The number of amides is 2. The lowest BCUT2D eigenvalue weighted by Gasteiger charge is -2.18. The summed E-state index contributed by atoms with van der Waals surface area (Å²) in [5.74, 6) is -1.38. The zero-order valence-electron chi connectivity index (χ0n) is 16.6. The fourth-order valence-electron chi connectivity index (χ4n) is 2.70. The van der Waals surface area contributed by atoms with E-state index in [2.05, 4.69) is 5.32 Å². The molecule has 0 fully saturated rings. The van der Waals surface area contributed by atoms with E-state index in [-0.39, 0.29) is 18.1 Å². The predicted molar refractivity (Wildman–Crippen MR) is 108 cm³/mol. The number of nitrogens with one attached hydrogen (secondary N) is 1. The van der Waals surface area contributed by atoms with Crippen LogP contribution in [0.3, 0.4) is 0 Å². The summed E-state index contributed by atoms with van der Waals surface area (Å²) in [5.41, 5.74) is 1.86. The van der Waals surface area contributed by atoms with Crippen LogP contribution < -0.4 is 5.32 Å². The lowest BCUT2D eigenvalue weighted by molar-refractivity contribution is -0.147. The SMILES string of the molecule is CCN(CC)C(=O)c1ccc(NC(=O)COC(=O)CCc2ccc(F)cc2)cc1. The first-order valence-electron chi connectivity index (χ1n) is 9.52. The molecule has 0 atom stereocenters. The first kappa shape index (κ1) is 22.1. The summed E-state index contributed by atoms with van der Waals surface area (Å²) >= 11 is 0. The molecule has 0 aromatic heterocycles. The van der Waals surface area contributed by atoms with Crippen molar-refractivity contribution in [3.8, 4) is 0 Å². The maximum atomic E-state index is 12.8. The summed E-state index contributed by atoms with van der Waals surface area (Å²) in [6, 6.07) is 12.4. The quantitative estimate of drug-likeness (QED) is 0.655. The standard InChI is InChI=1S/C22H25FN2O4/c1-3-25(4-2)22(28)17-8-12-19(13-9-17)24-20(26)15-29-21(27)14-7-16-5-10-18(23)11-6-16/h5-6,8-13H,3-4,7,14-15H2,1-2H3,(H,24,26). The molecule has 0 saturated carbocycles. The highest BCUT2D eigenvalue weighted by molar-refractivity contribution is 5.96. The van der Waals surface area contributed by atoms with Gasteiger partial charge in [-0.2, -0.15) is 0 Å². The molecule has 1 N–H and O–H groups in total. The predicted octanol–water partition coefficient (Wildman–Crippen LogP) is 3.42. The molecule has 0 aliphatic rings. The number of benzene rings is 2. The first-order valence-corrected chi connectivity index (χ1v) is 9.52. The highest BCUT2D eigenvalue weighted by Crippen LogP contribution is 2.12. The number of carbonyl (C=O) groups is 3. The second-order valence-corrected chi connectivity index (χ2v) is 6.39. The van der Waals surface area contributed by atoms with Crippen molar-refractivity contribution in [1.29, 1.82) is 0 Å². The highest BCUT2D eigenvalue weighted by Gasteiger charge is 2.13. The molecule has 0 bridgehead atoms. The first-order chi connectivity index (χ1) is 13.9. The van der Waals surface area contributed by atoms with E-state index in [1.165, 1.54) is 12.1 Å². The number of nitrogens with zero attached hydrogens (tertiary/aromatic N) is 1. The maximum absolute atomic E-state index is 12.8. The van der Waals surface area contributed by atoms with Gasteiger partial charge in [-0.25, -0.2) is 4.39 Å². The summed E-state index contributed by atoms with van der Waals surface area (Å²) in [6.45, 7) is 4.68. The van der Waals surface area contributed by atoms with Crippen molar-refractivity contribution < 1.29 is 23.5 Å². The Balaban J connectivity index is 1.76. The van der Waals surface area contributed by atoms with Crippen molar-refractivity contribution >= 4 is 23.5 Å². The lowest BCUT2D eigenvalue weighted by atomic mass is 10.1. The van der Waals surface area contributed by atoms with Crippen LogP contribution in [-0.4, -0.2) is 42.4 Å². The van der Waals surface area contributed by atoms with Crippen molar-refractivity contribution in [2.75, 3.05) is 25.0 Å². The van der Waals surface area contributed by atoms with Crippen LogP contribution in [0.1, 0.15) is 36.2 Å². The normalized spacial score (nSPS) is 10.3. The van der Waals surface area contributed by atoms with E-state index in [0.29, 0.717) is 30.8 Å². The average molecular weight is 400 g/mol. The van der Waals surface area contributed by atoms with E-state index in [9.17, 15) is 18.8 Å². The van der Waals surface area contributed by atoms with Crippen LogP contribution in [-0.2, 0) is 20.7 Å². The number of ether oxygens (including phenoxy) is 1. The molecule has 0 saturated heterocycles. The van der Waals surface area contributed by atoms with Gasteiger partial charge < -0.3 is 15.0 Å². The number of rotatable bonds is 9. The van der Waals surface area contributed by atoms with Crippen LogP contribution in [0.5, 0.6) is 0 Å². The van der Waals surface area contributed by atoms with Crippen molar-refractivity contribution in [2.45, 2.75) is 26.7 Å². The fourth-order valence-corrected chi connectivity index (χ4v) is 2.70. The number of carbonyl (C=O) groups excluding carboxylic acids is 3. The molecule has 0 aliphatic carbocycles. The van der Waals surface area contributed by atoms with Gasteiger partial charge in [0, 0.05) is 30.8 Å². The average Bonchev–Trinajstić information content (AvgIpc) is 2.73. The van der Waals surface area contributed by atoms with E-state index >= 15 is 0 Å². The zero-order valence-corrected chi connectivity index (χ0v) is 16.6. The molecule has 0 radical (unpaired) electrons. The Morgan fingerprint density at radius 2 is 1.59 bits per heavy atom. The number of esters is 1. The summed E-state index contributed by atoms with van der Waals surface area (Å²) in [5, 5.41) is 2.62. The second kappa shape index (κ2) is 10.9. The Hall–Kier alpha value is -3.22. The molecule has 0 unspecified atom stereocenters. The van der Waals surface area contributed by atoms with Gasteiger partial charge in [0.1, 0.15) is 5.82 Å². The number of halogens is 1. The Morgan fingerprint density at radius 1 is 0.966 bits per heavy atom. The molecule has 2 rings (SSSR count). The summed E-state index contributed by atoms with van der Waals surface area (Å²) in [4.78, 5) is 37.7. The molecule has 7 heteroatoms. The number of aryl methyl sites for hydroxylation is 1. The Bertz CT molecular complexity index is 831. The van der Waals surface area contributed by atoms with Gasteiger partial charge in [0.05, 0.1) is 0 Å². The summed E-state index contributed by atoms with van der Waals surface area (Å²) < 4.78 is 17.8. The molecule has 0 heterocycles. The van der Waals surface area contributed by atoms with Gasteiger partial charge in [-0.15, -0.1) is 0 Å². The minimum absolute atomic E-state index is 0.0667. The van der Waals surface area contributed by atoms with Gasteiger partial charge in [-0.3, -0.25) is 14.4 Å². The van der Waals surface area contributed by atoms with E-state index in [1.54, 1.807) is 41.3 Å². The molecule has 2 amide bonds. The van der Waals surface area contributed by atoms with Crippen molar-refractivity contribution in [3.63, 3.8) is 0 Å². The molecule has 29 heavy (non-hydrogen) atoms. The Kier molecular flexibility index (Phi) is 8.33. The second-order valence-electron chi connectivity index (χ2n) is 6.39. The van der Waals surface area contributed by atoms with Gasteiger partial charge in [-0.1, -0.05) is 12.1 Å². The van der Waals surface area contributed by atoms with Gasteiger partial charge >= 0.3 is 5.97 Å². The van der Waals surface area contributed by atoms with E-state index in [4.69, 9.17) is 4.74 Å². The van der Waals surface area contributed by atoms with Gasteiger partial charge in [0.25, 0.3) is 11.8 Å². The van der Waals surface area contributed by atoms with Crippen LogP contribution in [0.4, 0.5) is 10.1 Å². The molecule has 154 valence electrons. The van der Waals surface area contributed by atoms with Gasteiger partial charge in [-0.05, 0) is 62.2 Å². The number of anilines is 1. The van der Waals surface area contributed by atoms with E-state index < -0.39 is 18.5 Å². The Morgan fingerprint density at radius 3 is 2.17 bits per heavy atom. The third kappa shape index (κ3) is 7.03. The molecule has 0 spiro atoms. The smallest absolute Gasteiger partial charge is 0.306 e. The van der Waals surface area contributed by atoms with Crippen LogP contribution in [0, 0.1) is 5.82 Å². The minimum atomic E-state index is -0.510. The molecule has 2 aromatic rings. The van der Waals surface area contributed by atoms with Gasteiger partial charge in [0.15, 0.2) is 6.61 Å². The molecule has 2 aromatic carbocycles. The molecular weight excluding hydrogens is 375 g/mol. The van der Waals surface area contributed by atoms with E-state index in [0.717, 1.165) is 5.56 Å². The van der Waals surface area contributed by atoms with Crippen LogP contribution in [0.15, 0.2) is 48.5 Å². The van der Waals surface area contributed by atoms with Crippen molar-refractivity contribution in [3.05, 3.63) is 65.5 Å². The highest BCUT2D eigenvalue weighted by atomic mass is 19.1. The fraction of sp³-hybridized carbons (Fsp3) is 0.318. The largest absolute Gasteiger partial charge is 0.456 e. The molecule has 0 aliphatic heterocycles. The van der Waals surface area contributed by atoms with Crippen LogP contribution in [0.25, 0.3) is 0 Å². The third-order valence-electron chi connectivity index (χ3n) is 4.36.